The molecule has 0 N–H and O–H groups in total. The maximum absolute atomic E-state index is 5.84. The Morgan fingerprint density at radius 3 is 2.83 bits per heavy atom. The Balaban J connectivity index is 1.67. The molecule has 0 amide bonds. The molecule has 7 heteroatoms. The molecule has 124 valence electrons. The first kappa shape index (κ1) is 15.8. The van der Waals surface area contributed by atoms with Crippen molar-refractivity contribution in [2.45, 2.75) is 26.2 Å². The number of nitrogens with zero attached hydrogens (tertiary/aromatic N) is 3. The first-order chi connectivity index (χ1) is 11.3. The van der Waals surface area contributed by atoms with Crippen molar-refractivity contribution >= 4 is 0 Å². The fourth-order valence-electron chi connectivity index (χ4n) is 2.47. The minimum absolute atomic E-state index is 0.00476. The van der Waals surface area contributed by atoms with Crippen LogP contribution in [0.1, 0.15) is 11.6 Å². The molecule has 1 fully saturated rings. The van der Waals surface area contributed by atoms with Crippen molar-refractivity contribution in [3.05, 3.63) is 35.9 Å². The zero-order valence-corrected chi connectivity index (χ0v) is 13.4. The standard InChI is InChI=1S/C16H21N3O4/c1-12-17-16(11-23-15-6-4-3-5-14(15)20-2)19(18-12)9-13-10-21-7-8-22-13/h3-6,13H,7-11H2,1-2H3. The summed E-state index contributed by atoms with van der Waals surface area (Å²) in [7, 11) is 1.62. The molecule has 0 aliphatic carbocycles. The number of hydrogen-bond acceptors (Lipinski definition) is 6. The molecule has 3 rings (SSSR count). The minimum atomic E-state index is -0.00476. The molecule has 2 aromatic rings. The van der Waals surface area contributed by atoms with Gasteiger partial charge in [0.25, 0.3) is 0 Å². The SMILES string of the molecule is COc1ccccc1OCc1nc(C)nn1CC1COCCO1. The lowest BCUT2D eigenvalue weighted by atomic mass is 10.3. The van der Waals surface area contributed by atoms with Gasteiger partial charge in [-0.25, -0.2) is 9.67 Å². The number of para-hydroxylation sites is 2. The molecule has 1 saturated heterocycles. The van der Waals surface area contributed by atoms with Gasteiger partial charge in [-0.2, -0.15) is 5.10 Å². The molecule has 1 aliphatic heterocycles. The number of ether oxygens (including phenoxy) is 4. The van der Waals surface area contributed by atoms with Crippen LogP contribution in [0.15, 0.2) is 24.3 Å². The summed E-state index contributed by atoms with van der Waals surface area (Å²) in [4.78, 5) is 4.44. The molecule has 0 saturated carbocycles. The maximum atomic E-state index is 5.84. The largest absolute Gasteiger partial charge is 0.493 e. The van der Waals surface area contributed by atoms with Crippen molar-refractivity contribution in [3.63, 3.8) is 0 Å². The molecule has 0 bridgehead atoms. The van der Waals surface area contributed by atoms with Crippen LogP contribution in [-0.4, -0.2) is 47.8 Å². The van der Waals surface area contributed by atoms with Gasteiger partial charge >= 0.3 is 0 Å². The van der Waals surface area contributed by atoms with Crippen LogP contribution in [0.2, 0.25) is 0 Å². The van der Waals surface area contributed by atoms with Gasteiger partial charge in [-0.3, -0.25) is 0 Å². The van der Waals surface area contributed by atoms with Gasteiger partial charge in [0.15, 0.2) is 17.3 Å². The van der Waals surface area contributed by atoms with Crippen molar-refractivity contribution in [2.75, 3.05) is 26.9 Å². The number of methoxy groups -OCH3 is 1. The summed E-state index contributed by atoms with van der Waals surface area (Å²) < 4.78 is 24.0. The van der Waals surface area contributed by atoms with Crippen molar-refractivity contribution in [3.8, 4) is 11.5 Å². The van der Waals surface area contributed by atoms with Crippen LogP contribution < -0.4 is 9.47 Å². The lowest BCUT2D eigenvalue weighted by Gasteiger charge is -2.23. The highest BCUT2D eigenvalue weighted by molar-refractivity contribution is 5.39. The van der Waals surface area contributed by atoms with Gasteiger partial charge in [-0.15, -0.1) is 0 Å². The Morgan fingerprint density at radius 1 is 1.26 bits per heavy atom. The summed E-state index contributed by atoms with van der Waals surface area (Å²) >= 11 is 0. The number of rotatable bonds is 6. The zero-order valence-electron chi connectivity index (χ0n) is 13.4. The molecule has 2 heterocycles. The van der Waals surface area contributed by atoms with Gasteiger partial charge in [0.05, 0.1) is 33.5 Å². The highest BCUT2D eigenvalue weighted by Crippen LogP contribution is 2.26. The molecule has 1 unspecified atom stereocenters. The third-order valence-electron chi connectivity index (χ3n) is 3.54. The molecule has 1 aromatic carbocycles. The van der Waals surface area contributed by atoms with Crippen LogP contribution in [0.25, 0.3) is 0 Å². The van der Waals surface area contributed by atoms with E-state index in [1.165, 1.54) is 0 Å². The Hall–Kier alpha value is -2.12. The summed E-state index contributed by atoms with van der Waals surface area (Å²) in [5, 5.41) is 4.42. The van der Waals surface area contributed by atoms with Crippen LogP contribution in [0.5, 0.6) is 11.5 Å². The van der Waals surface area contributed by atoms with Crippen molar-refractivity contribution in [2.24, 2.45) is 0 Å². The summed E-state index contributed by atoms with van der Waals surface area (Å²) in [6.07, 6.45) is -0.00476. The number of hydrogen-bond donors (Lipinski definition) is 0. The van der Waals surface area contributed by atoms with E-state index in [4.69, 9.17) is 18.9 Å². The zero-order chi connectivity index (χ0) is 16.1. The molecule has 0 spiro atoms. The smallest absolute Gasteiger partial charge is 0.165 e. The van der Waals surface area contributed by atoms with Crippen molar-refractivity contribution in [1.82, 2.24) is 14.8 Å². The minimum Gasteiger partial charge on any atom is -0.493 e. The van der Waals surface area contributed by atoms with E-state index in [9.17, 15) is 0 Å². The molecule has 1 aromatic heterocycles. The van der Waals surface area contributed by atoms with Crippen LogP contribution in [-0.2, 0) is 22.6 Å². The topological polar surface area (TPSA) is 67.6 Å². The lowest BCUT2D eigenvalue weighted by molar-refractivity contribution is -0.0950. The summed E-state index contributed by atoms with van der Waals surface area (Å²) in [5.41, 5.74) is 0. The summed E-state index contributed by atoms with van der Waals surface area (Å²) in [5.74, 6) is 2.83. The highest BCUT2D eigenvalue weighted by Gasteiger charge is 2.18. The van der Waals surface area contributed by atoms with E-state index in [0.29, 0.717) is 50.3 Å². The predicted molar refractivity (Wildman–Crippen MR) is 82.6 cm³/mol. The number of benzene rings is 1. The second-order valence-corrected chi connectivity index (χ2v) is 5.26. The summed E-state index contributed by atoms with van der Waals surface area (Å²) in [6.45, 7) is 4.62. The second kappa shape index (κ2) is 7.43. The Kier molecular flexibility index (Phi) is 5.09. The Labute approximate surface area is 135 Å². The monoisotopic (exact) mass is 319 g/mol. The van der Waals surface area contributed by atoms with Gasteiger partial charge in [-0.1, -0.05) is 12.1 Å². The maximum Gasteiger partial charge on any atom is 0.165 e. The summed E-state index contributed by atoms with van der Waals surface area (Å²) in [6, 6.07) is 7.53. The molecule has 1 aliphatic rings. The van der Waals surface area contributed by atoms with Gasteiger partial charge in [0, 0.05) is 0 Å². The molecule has 0 radical (unpaired) electrons. The van der Waals surface area contributed by atoms with E-state index in [1.54, 1.807) is 7.11 Å². The van der Waals surface area contributed by atoms with E-state index in [-0.39, 0.29) is 6.10 Å². The Morgan fingerprint density at radius 2 is 2.09 bits per heavy atom. The number of aryl methyl sites for hydroxylation is 1. The molecule has 1 atom stereocenters. The third kappa shape index (κ3) is 4.00. The van der Waals surface area contributed by atoms with Crippen molar-refractivity contribution < 1.29 is 18.9 Å². The van der Waals surface area contributed by atoms with Crippen LogP contribution >= 0.6 is 0 Å². The van der Waals surface area contributed by atoms with Crippen LogP contribution in [0, 0.1) is 6.92 Å². The molecule has 7 nitrogen and oxygen atoms in total. The third-order valence-corrected chi connectivity index (χ3v) is 3.54. The average molecular weight is 319 g/mol. The molecular formula is C16H21N3O4. The van der Waals surface area contributed by atoms with E-state index in [1.807, 2.05) is 35.9 Å². The number of aromatic nitrogens is 3. The van der Waals surface area contributed by atoms with Gasteiger partial charge in [0.2, 0.25) is 0 Å². The quantitative estimate of drug-likeness (QED) is 0.805. The normalized spacial score (nSPS) is 17.9. The fourth-order valence-corrected chi connectivity index (χ4v) is 2.47. The first-order valence-electron chi connectivity index (χ1n) is 7.61. The molecular weight excluding hydrogens is 298 g/mol. The lowest BCUT2D eigenvalue weighted by Crippen LogP contribution is -2.33. The van der Waals surface area contributed by atoms with Gasteiger partial charge < -0.3 is 18.9 Å². The first-order valence-corrected chi connectivity index (χ1v) is 7.61. The van der Waals surface area contributed by atoms with E-state index in [2.05, 4.69) is 10.1 Å². The fraction of sp³-hybridized carbons (Fsp3) is 0.500. The van der Waals surface area contributed by atoms with Gasteiger partial charge in [-0.05, 0) is 19.1 Å². The highest BCUT2D eigenvalue weighted by atomic mass is 16.6. The predicted octanol–water partition coefficient (Wildman–Crippen LogP) is 1.59. The van der Waals surface area contributed by atoms with Crippen LogP contribution in [0.4, 0.5) is 0 Å². The Bertz CT molecular complexity index is 638. The van der Waals surface area contributed by atoms with Crippen molar-refractivity contribution in [1.29, 1.82) is 0 Å². The van der Waals surface area contributed by atoms with Gasteiger partial charge in [0.1, 0.15) is 18.5 Å². The molecule has 23 heavy (non-hydrogen) atoms. The average Bonchev–Trinajstić information content (AvgIpc) is 2.93. The van der Waals surface area contributed by atoms with Crippen LogP contribution in [0.3, 0.4) is 0 Å². The van der Waals surface area contributed by atoms with E-state index in [0.717, 1.165) is 5.82 Å². The van der Waals surface area contributed by atoms with E-state index >= 15 is 0 Å². The second-order valence-electron chi connectivity index (χ2n) is 5.26. The van der Waals surface area contributed by atoms with E-state index < -0.39 is 0 Å².